The SMILES string of the molecule is CCOc1ccc(OCC(=O)NCCS(=O)(=O)N2CCc3ccccc3C2)cc1. The molecule has 0 radical (unpaired) electrons. The van der Waals surface area contributed by atoms with E-state index in [0.717, 1.165) is 11.3 Å². The molecule has 0 aliphatic carbocycles. The van der Waals surface area contributed by atoms with E-state index in [-0.39, 0.29) is 24.8 Å². The zero-order valence-corrected chi connectivity index (χ0v) is 17.3. The van der Waals surface area contributed by atoms with Crippen LogP contribution < -0.4 is 14.8 Å². The number of benzene rings is 2. The number of carbonyl (C=O) groups is 1. The van der Waals surface area contributed by atoms with E-state index in [1.54, 1.807) is 24.3 Å². The Bertz CT molecular complexity index is 928. The molecule has 0 fully saturated rings. The Hall–Kier alpha value is -2.58. The number of ether oxygens (including phenoxy) is 2. The highest BCUT2D eigenvalue weighted by Gasteiger charge is 2.26. The molecule has 1 heterocycles. The Morgan fingerprint density at radius 2 is 1.69 bits per heavy atom. The van der Waals surface area contributed by atoms with Crippen molar-refractivity contribution in [3.63, 3.8) is 0 Å². The van der Waals surface area contributed by atoms with Gasteiger partial charge in [0.2, 0.25) is 10.0 Å². The summed E-state index contributed by atoms with van der Waals surface area (Å²) in [4.78, 5) is 11.9. The smallest absolute Gasteiger partial charge is 0.257 e. The van der Waals surface area contributed by atoms with Gasteiger partial charge in [0, 0.05) is 19.6 Å². The second-order valence-corrected chi connectivity index (χ2v) is 8.80. The summed E-state index contributed by atoms with van der Waals surface area (Å²) in [5.41, 5.74) is 2.23. The molecule has 0 spiro atoms. The molecule has 29 heavy (non-hydrogen) atoms. The zero-order valence-electron chi connectivity index (χ0n) is 16.5. The minimum atomic E-state index is -3.44. The van der Waals surface area contributed by atoms with Crippen LogP contribution in [0.2, 0.25) is 0 Å². The van der Waals surface area contributed by atoms with E-state index in [2.05, 4.69) is 5.32 Å². The maximum atomic E-state index is 12.6. The topological polar surface area (TPSA) is 84.9 Å². The summed E-state index contributed by atoms with van der Waals surface area (Å²) < 4.78 is 37.4. The molecule has 0 unspecified atom stereocenters. The number of nitrogens with one attached hydrogen (secondary N) is 1. The highest BCUT2D eigenvalue weighted by Crippen LogP contribution is 2.21. The third-order valence-corrected chi connectivity index (χ3v) is 6.49. The first-order valence-electron chi connectivity index (χ1n) is 9.65. The van der Waals surface area contributed by atoms with Crippen LogP contribution >= 0.6 is 0 Å². The van der Waals surface area contributed by atoms with Gasteiger partial charge in [-0.15, -0.1) is 0 Å². The minimum absolute atomic E-state index is 0.0476. The lowest BCUT2D eigenvalue weighted by molar-refractivity contribution is -0.122. The molecule has 7 nitrogen and oxygen atoms in total. The van der Waals surface area contributed by atoms with Crippen molar-refractivity contribution < 1.29 is 22.7 Å². The van der Waals surface area contributed by atoms with Gasteiger partial charge in [-0.25, -0.2) is 8.42 Å². The Kier molecular flexibility index (Phi) is 7.11. The molecule has 156 valence electrons. The van der Waals surface area contributed by atoms with Crippen molar-refractivity contribution in [2.75, 3.05) is 32.1 Å². The summed E-state index contributed by atoms with van der Waals surface area (Å²) in [7, 11) is -3.44. The van der Waals surface area contributed by atoms with Crippen molar-refractivity contribution in [2.24, 2.45) is 0 Å². The fraction of sp³-hybridized carbons (Fsp3) is 0.381. The number of nitrogens with zero attached hydrogens (tertiary/aromatic N) is 1. The van der Waals surface area contributed by atoms with Crippen LogP contribution in [0.15, 0.2) is 48.5 Å². The van der Waals surface area contributed by atoms with Crippen LogP contribution in [0.4, 0.5) is 0 Å². The second kappa shape index (κ2) is 9.76. The molecule has 3 rings (SSSR count). The predicted octanol–water partition coefficient (Wildman–Crippen LogP) is 1.97. The average Bonchev–Trinajstić information content (AvgIpc) is 2.73. The number of rotatable bonds is 9. The molecule has 0 saturated heterocycles. The molecule has 0 saturated carbocycles. The average molecular weight is 419 g/mol. The number of amides is 1. The van der Waals surface area contributed by atoms with Gasteiger partial charge >= 0.3 is 0 Å². The van der Waals surface area contributed by atoms with Crippen molar-refractivity contribution in [1.82, 2.24) is 9.62 Å². The van der Waals surface area contributed by atoms with Crippen molar-refractivity contribution in [3.8, 4) is 11.5 Å². The van der Waals surface area contributed by atoms with Crippen LogP contribution in [0.25, 0.3) is 0 Å². The first-order chi connectivity index (χ1) is 14.0. The Labute approximate surface area is 171 Å². The third-order valence-electron chi connectivity index (χ3n) is 4.68. The Balaban J connectivity index is 1.41. The molecule has 2 aromatic carbocycles. The molecule has 1 aliphatic rings. The summed E-state index contributed by atoms with van der Waals surface area (Å²) in [5.74, 6) is 0.778. The van der Waals surface area contributed by atoms with Crippen molar-refractivity contribution in [1.29, 1.82) is 0 Å². The highest BCUT2D eigenvalue weighted by atomic mass is 32.2. The number of hydrogen-bond donors (Lipinski definition) is 1. The molecule has 1 amide bonds. The van der Waals surface area contributed by atoms with Crippen molar-refractivity contribution >= 4 is 15.9 Å². The maximum Gasteiger partial charge on any atom is 0.257 e. The lowest BCUT2D eigenvalue weighted by Crippen LogP contribution is -2.41. The molecule has 1 N–H and O–H groups in total. The zero-order chi connectivity index (χ0) is 20.7. The quantitative estimate of drug-likeness (QED) is 0.673. The Morgan fingerprint density at radius 3 is 2.38 bits per heavy atom. The molecule has 0 atom stereocenters. The Morgan fingerprint density at radius 1 is 1.03 bits per heavy atom. The first kappa shape index (κ1) is 21.1. The van der Waals surface area contributed by atoms with Gasteiger partial charge in [-0.05, 0) is 48.7 Å². The highest BCUT2D eigenvalue weighted by molar-refractivity contribution is 7.89. The second-order valence-electron chi connectivity index (χ2n) is 6.71. The molecule has 0 aromatic heterocycles. The number of hydrogen-bond acceptors (Lipinski definition) is 5. The monoisotopic (exact) mass is 418 g/mol. The molecular formula is C21H26N2O5S. The van der Waals surface area contributed by atoms with Gasteiger partial charge in [0.05, 0.1) is 12.4 Å². The molecule has 8 heteroatoms. The van der Waals surface area contributed by atoms with E-state index in [4.69, 9.17) is 9.47 Å². The van der Waals surface area contributed by atoms with Gasteiger partial charge < -0.3 is 14.8 Å². The van der Waals surface area contributed by atoms with E-state index >= 15 is 0 Å². The molecule has 2 aromatic rings. The lowest BCUT2D eigenvalue weighted by Gasteiger charge is -2.28. The largest absolute Gasteiger partial charge is 0.494 e. The normalized spacial score (nSPS) is 14.1. The predicted molar refractivity (Wildman–Crippen MR) is 110 cm³/mol. The van der Waals surface area contributed by atoms with E-state index in [1.807, 2.05) is 31.2 Å². The minimum Gasteiger partial charge on any atom is -0.494 e. The summed E-state index contributed by atoms with van der Waals surface area (Å²) in [5, 5.41) is 2.60. The third kappa shape index (κ3) is 5.95. The fourth-order valence-electron chi connectivity index (χ4n) is 3.15. The fourth-order valence-corrected chi connectivity index (χ4v) is 4.48. The summed E-state index contributed by atoms with van der Waals surface area (Å²) in [6.45, 7) is 3.20. The summed E-state index contributed by atoms with van der Waals surface area (Å²) in [6, 6.07) is 14.8. The summed E-state index contributed by atoms with van der Waals surface area (Å²) in [6.07, 6.45) is 0.706. The maximum absolute atomic E-state index is 12.6. The first-order valence-corrected chi connectivity index (χ1v) is 11.3. The van der Waals surface area contributed by atoms with Gasteiger partial charge in [-0.1, -0.05) is 24.3 Å². The van der Waals surface area contributed by atoms with Gasteiger partial charge in [0.1, 0.15) is 11.5 Å². The van der Waals surface area contributed by atoms with Gasteiger partial charge in [-0.3, -0.25) is 4.79 Å². The van der Waals surface area contributed by atoms with E-state index in [9.17, 15) is 13.2 Å². The van der Waals surface area contributed by atoms with E-state index in [0.29, 0.717) is 31.9 Å². The molecule has 1 aliphatic heterocycles. The summed E-state index contributed by atoms with van der Waals surface area (Å²) >= 11 is 0. The van der Waals surface area contributed by atoms with Crippen LogP contribution in [-0.4, -0.2) is 50.7 Å². The standard InChI is InChI=1S/C21H26N2O5S/c1-2-27-19-7-9-20(10-8-19)28-16-21(24)22-12-14-29(25,26)23-13-11-17-5-3-4-6-18(17)15-23/h3-10H,2,11-16H2,1H3,(H,22,24). The van der Waals surface area contributed by atoms with Crippen LogP contribution in [-0.2, 0) is 27.8 Å². The van der Waals surface area contributed by atoms with Crippen LogP contribution in [0, 0.1) is 0 Å². The van der Waals surface area contributed by atoms with Crippen molar-refractivity contribution in [2.45, 2.75) is 19.9 Å². The van der Waals surface area contributed by atoms with Crippen LogP contribution in [0.1, 0.15) is 18.1 Å². The van der Waals surface area contributed by atoms with Crippen molar-refractivity contribution in [3.05, 3.63) is 59.7 Å². The molecule has 0 bridgehead atoms. The number of fused-ring (bicyclic) bond motifs is 1. The lowest BCUT2D eigenvalue weighted by atomic mass is 10.0. The van der Waals surface area contributed by atoms with E-state index < -0.39 is 10.0 Å². The van der Waals surface area contributed by atoms with Crippen LogP contribution in [0.3, 0.4) is 0 Å². The number of carbonyl (C=O) groups excluding carboxylic acids is 1. The number of sulfonamides is 1. The van der Waals surface area contributed by atoms with Gasteiger partial charge in [0.25, 0.3) is 5.91 Å². The van der Waals surface area contributed by atoms with E-state index in [1.165, 1.54) is 9.87 Å². The molecular weight excluding hydrogens is 392 g/mol. The van der Waals surface area contributed by atoms with Gasteiger partial charge in [0.15, 0.2) is 6.61 Å². The van der Waals surface area contributed by atoms with Gasteiger partial charge in [-0.2, -0.15) is 4.31 Å². The van der Waals surface area contributed by atoms with Crippen LogP contribution in [0.5, 0.6) is 11.5 Å².